The van der Waals surface area contributed by atoms with Crippen LogP contribution in [0.1, 0.15) is 37.3 Å². The number of aliphatic hydroxyl groups excluding tert-OH is 1. The third-order valence-electron chi connectivity index (χ3n) is 5.48. The Morgan fingerprint density at radius 2 is 2.00 bits per heavy atom. The number of benzene rings is 1. The van der Waals surface area contributed by atoms with E-state index in [2.05, 4.69) is 11.9 Å². The minimum atomic E-state index is 0.0675. The molecule has 0 spiro atoms. The molecule has 0 aliphatic heterocycles. The molecule has 128 valence electrons. The Kier molecular flexibility index (Phi) is 4.12. The summed E-state index contributed by atoms with van der Waals surface area (Å²) in [5.41, 5.74) is 4.20. The number of nitrogens with zero attached hydrogens (tertiary/aromatic N) is 1. The summed E-state index contributed by atoms with van der Waals surface area (Å²) >= 11 is 5.93. The summed E-state index contributed by atoms with van der Waals surface area (Å²) in [6.45, 7) is 2.07. The number of pyridine rings is 1. The standard InChI is InChI=1S/C21H20ClNO2/c1-2-12-3-4-13(18-8-7-16(22)11-23-18)10-17(12)19-20(24)14-5-6-15(9-14)21(19)25/h3-4,7-8,10-11,14-15,24H,2,5-6,9H2,1H3/t14-,15+/m0/s1. The highest BCUT2D eigenvalue weighted by Crippen LogP contribution is 2.46. The number of carbonyl (C=O) groups excluding carboxylic acids is 1. The first-order chi connectivity index (χ1) is 12.1. The quantitative estimate of drug-likeness (QED) is 0.821. The van der Waals surface area contributed by atoms with Gasteiger partial charge in [-0.3, -0.25) is 9.78 Å². The molecule has 2 atom stereocenters. The van der Waals surface area contributed by atoms with Crippen LogP contribution in [0.15, 0.2) is 42.3 Å². The summed E-state index contributed by atoms with van der Waals surface area (Å²) in [5.74, 6) is 0.592. The van der Waals surface area contributed by atoms with Gasteiger partial charge in [0.1, 0.15) is 5.76 Å². The third kappa shape index (κ3) is 2.77. The fourth-order valence-corrected chi connectivity index (χ4v) is 4.21. The van der Waals surface area contributed by atoms with Crippen molar-refractivity contribution in [1.82, 2.24) is 4.98 Å². The van der Waals surface area contributed by atoms with Gasteiger partial charge in [0.05, 0.1) is 16.3 Å². The molecule has 1 aromatic heterocycles. The molecule has 2 bridgehead atoms. The summed E-state index contributed by atoms with van der Waals surface area (Å²) in [7, 11) is 0. The van der Waals surface area contributed by atoms with Crippen LogP contribution in [0.2, 0.25) is 5.02 Å². The molecule has 0 amide bonds. The van der Waals surface area contributed by atoms with Crippen molar-refractivity contribution in [2.45, 2.75) is 32.6 Å². The number of carbonyl (C=O) groups is 1. The number of hydrogen-bond acceptors (Lipinski definition) is 3. The van der Waals surface area contributed by atoms with Crippen LogP contribution in [0.25, 0.3) is 16.8 Å². The number of rotatable bonds is 3. The van der Waals surface area contributed by atoms with Crippen molar-refractivity contribution >= 4 is 23.0 Å². The van der Waals surface area contributed by atoms with Gasteiger partial charge in [0.15, 0.2) is 5.78 Å². The van der Waals surface area contributed by atoms with Gasteiger partial charge in [-0.05, 0) is 55.0 Å². The Balaban J connectivity index is 1.86. The van der Waals surface area contributed by atoms with E-state index in [4.69, 9.17) is 11.6 Å². The van der Waals surface area contributed by atoms with Crippen molar-refractivity contribution in [2.24, 2.45) is 11.8 Å². The van der Waals surface area contributed by atoms with E-state index in [0.29, 0.717) is 10.6 Å². The Morgan fingerprint density at radius 1 is 1.20 bits per heavy atom. The van der Waals surface area contributed by atoms with Gasteiger partial charge >= 0.3 is 0 Å². The first kappa shape index (κ1) is 16.3. The normalized spacial score (nSPS) is 22.6. The van der Waals surface area contributed by atoms with Crippen molar-refractivity contribution in [3.05, 3.63) is 58.4 Å². The predicted molar refractivity (Wildman–Crippen MR) is 99.4 cm³/mol. The topological polar surface area (TPSA) is 50.2 Å². The molecule has 1 saturated carbocycles. The molecule has 1 fully saturated rings. The fraction of sp³-hybridized carbons (Fsp3) is 0.333. The van der Waals surface area contributed by atoms with Crippen LogP contribution in [0.4, 0.5) is 0 Å². The Labute approximate surface area is 152 Å². The van der Waals surface area contributed by atoms with Crippen molar-refractivity contribution in [3.8, 4) is 11.3 Å². The van der Waals surface area contributed by atoms with E-state index in [1.54, 1.807) is 12.3 Å². The average Bonchev–Trinajstić information content (AvgIpc) is 3.08. The Hall–Kier alpha value is -2.13. The van der Waals surface area contributed by atoms with Crippen molar-refractivity contribution in [2.75, 3.05) is 0 Å². The van der Waals surface area contributed by atoms with E-state index in [0.717, 1.165) is 48.1 Å². The number of fused-ring (bicyclic) bond motifs is 2. The van der Waals surface area contributed by atoms with E-state index in [-0.39, 0.29) is 23.4 Å². The molecular formula is C21H20ClNO2. The summed E-state index contributed by atoms with van der Waals surface area (Å²) in [5, 5.41) is 11.3. The van der Waals surface area contributed by atoms with Crippen molar-refractivity contribution in [1.29, 1.82) is 0 Å². The zero-order chi connectivity index (χ0) is 17.6. The molecule has 1 aromatic carbocycles. The molecule has 1 heterocycles. The molecule has 1 N–H and O–H groups in total. The fourth-order valence-electron chi connectivity index (χ4n) is 4.10. The molecule has 4 heteroatoms. The van der Waals surface area contributed by atoms with Crippen LogP contribution >= 0.6 is 11.6 Å². The molecule has 25 heavy (non-hydrogen) atoms. The Bertz CT molecular complexity index is 870. The molecule has 3 nitrogen and oxygen atoms in total. The molecule has 0 radical (unpaired) electrons. The van der Waals surface area contributed by atoms with Crippen molar-refractivity contribution < 1.29 is 9.90 Å². The molecule has 4 rings (SSSR count). The summed E-state index contributed by atoms with van der Waals surface area (Å²) in [6.07, 6.45) is 5.02. The Morgan fingerprint density at radius 3 is 2.72 bits per heavy atom. The van der Waals surface area contributed by atoms with E-state index >= 15 is 0 Å². The monoisotopic (exact) mass is 353 g/mol. The smallest absolute Gasteiger partial charge is 0.169 e. The second kappa shape index (κ2) is 6.30. The molecule has 2 aromatic rings. The largest absolute Gasteiger partial charge is 0.511 e. The maximum atomic E-state index is 12.9. The summed E-state index contributed by atoms with van der Waals surface area (Å²) in [4.78, 5) is 17.3. The van der Waals surface area contributed by atoms with Gasteiger partial charge in [0, 0.05) is 23.6 Å². The van der Waals surface area contributed by atoms with Gasteiger partial charge in [0.2, 0.25) is 0 Å². The number of allylic oxidation sites excluding steroid dienone is 2. The van der Waals surface area contributed by atoms with Gasteiger partial charge < -0.3 is 5.11 Å². The van der Waals surface area contributed by atoms with Crippen LogP contribution in [-0.4, -0.2) is 15.9 Å². The minimum Gasteiger partial charge on any atom is -0.511 e. The van der Waals surface area contributed by atoms with E-state index in [9.17, 15) is 9.90 Å². The number of aliphatic hydroxyl groups is 1. The molecule has 0 saturated heterocycles. The van der Waals surface area contributed by atoms with Crippen LogP contribution in [0, 0.1) is 11.8 Å². The number of halogens is 1. The zero-order valence-electron chi connectivity index (χ0n) is 14.1. The van der Waals surface area contributed by atoms with Gasteiger partial charge in [-0.25, -0.2) is 0 Å². The maximum Gasteiger partial charge on any atom is 0.169 e. The van der Waals surface area contributed by atoms with Gasteiger partial charge in [-0.15, -0.1) is 0 Å². The summed E-state index contributed by atoms with van der Waals surface area (Å²) < 4.78 is 0. The first-order valence-corrected chi connectivity index (χ1v) is 9.18. The van der Waals surface area contributed by atoms with E-state index in [1.807, 2.05) is 24.3 Å². The molecule has 2 aliphatic carbocycles. The van der Waals surface area contributed by atoms with E-state index in [1.165, 1.54) is 0 Å². The van der Waals surface area contributed by atoms with E-state index < -0.39 is 0 Å². The predicted octanol–water partition coefficient (Wildman–Crippen LogP) is 5.23. The summed E-state index contributed by atoms with van der Waals surface area (Å²) in [6, 6.07) is 9.71. The lowest BCUT2D eigenvalue weighted by atomic mass is 9.81. The molecule has 2 aliphatic rings. The minimum absolute atomic E-state index is 0.0675. The number of hydrogen-bond donors (Lipinski definition) is 1. The zero-order valence-corrected chi connectivity index (χ0v) is 14.9. The highest BCUT2D eigenvalue weighted by Gasteiger charge is 2.41. The van der Waals surface area contributed by atoms with Crippen LogP contribution < -0.4 is 0 Å². The van der Waals surface area contributed by atoms with Gasteiger partial charge in [-0.2, -0.15) is 0 Å². The van der Waals surface area contributed by atoms with Crippen molar-refractivity contribution in [3.63, 3.8) is 0 Å². The van der Waals surface area contributed by atoms with Gasteiger partial charge in [-0.1, -0.05) is 30.7 Å². The number of ketones is 1. The first-order valence-electron chi connectivity index (χ1n) is 8.81. The van der Waals surface area contributed by atoms with Gasteiger partial charge in [0.25, 0.3) is 0 Å². The number of Topliss-reactive ketones (excluding diaryl/α,β-unsaturated/α-hetero) is 1. The number of aromatic nitrogens is 1. The number of aryl methyl sites for hydroxylation is 1. The second-order valence-electron chi connectivity index (χ2n) is 6.92. The third-order valence-corrected chi connectivity index (χ3v) is 5.70. The molecular weight excluding hydrogens is 334 g/mol. The highest BCUT2D eigenvalue weighted by atomic mass is 35.5. The molecule has 0 unspecified atom stereocenters. The highest BCUT2D eigenvalue weighted by molar-refractivity contribution is 6.30. The van der Waals surface area contributed by atoms with Crippen LogP contribution in [-0.2, 0) is 11.2 Å². The van der Waals surface area contributed by atoms with Crippen LogP contribution in [0.3, 0.4) is 0 Å². The lowest BCUT2D eigenvalue weighted by Crippen LogP contribution is -2.22. The second-order valence-corrected chi connectivity index (χ2v) is 7.35. The lowest BCUT2D eigenvalue weighted by molar-refractivity contribution is -0.117. The average molecular weight is 354 g/mol. The SMILES string of the molecule is CCc1ccc(-c2ccc(Cl)cn2)cc1C1=C(O)[C@H]2CC[C@H](C2)C1=O. The lowest BCUT2D eigenvalue weighted by Gasteiger charge is -2.23. The van der Waals surface area contributed by atoms with Crippen LogP contribution in [0.5, 0.6) is 0 Å². The maximum absolute atomic E-state index is 12.9.